The zero-order chi connectivity index (χ0) is 42.3. The molecule has 0 unspecified atom stereocenters. The van der Waals surface area contributed by atoms with Crippen LogP contribution in [0, 0.1) is 5.92 Å². The van der Waals surface area contributed by atoms with Crippen molar-refractivity contribution in [2.45, 2.75) is 101 Å². The number of aromatic hydroxyl groups is 1. The third-order valence-corrected chi connectivity index (χ3v) is 8.47. The van der Waals surface area contributed by atoms with Crippen LogP contribution in [-0.4, -0.2) is 126 Å². The van der Waals surface area contributed by atoms with Crippen molar-refractivity contribution < 1.29 is 69.3 Å². The maximum atomic E-state index is 13.9. The number of amides is 4. The van der Waals surface area contributed by atoms with Gasteiger partial charge in [-0.1, -0.05) is 56.3 Å². The molecule has 0 fully saturated rings. The molecule has 0 aliphatic carbocycles. The molecule has 4 amide bonds. The average Bonchev–Trinajstić information content (AvgIpc) is 3.11. The third-order valence-electron chi connectivity index (χ3n) is 8.47. The average molecular weight is 791 g/mol. The fourth-order valence-corrected chi connectivity index (χ4v) is 5.34. The van der Waals surface area contributed by atoms with Crippen LogP contribution in [0.4, 0.5) is 0 Å². The Labute approximate surface area is 321 Å². The summed E-state index contributed by atoms with van der Waals surface area (Å²) in [5, 5.41) is 82.5. The van der Waals surface area contributed by atoms with Crippen LogP contribution in [0.5, 0.6) is 5.75 Å². The van der Waals surface area contributed by atoms with Crippen LogP contribution in [0.25, 0.3) is 0 Å². The Bertz CT molecular complexity index is 1670. The molecule has 0 radical (unpaired) electrons. The number of aliphatic carboxylic acids is 3. The number of benzene rings is 2. The number of nitrogens with one attached hydrogen (secondary N) is 5. The summed E-state index contributed by atoms with van der Waals surface area (Å²) in [4.78, 5) is 87.2. The number of phenolic OH excluding ortho intramolecular Hbond substituents is 1. The number of aliphatic hydroxyl groups excluding tert-OH is 1. The summed E-state index contributed by atoms with van der Waals surface area (Å²) in [7, 11) is 0. The third kappa shape index (κ3) is 15.2. The van der Waals surface area contributed by atoms with Crippen LogP contribution in [0.15, 0.2) is 54.6 Å². The van der Waals surface area contributed by atoms with Crippen molar-refractivity contribution in [2.24, 2.45) is 11.7 Å². The van der Waals surface area contributed by atoms with Crippen LogP contribution in [0.3, 0.4) is 0 Å². The van der Waals surface area contributed by atoms with E-state index in [1.165, 1.54) is 38.1 Å². The van der Waals surface area contributed by atoms with Gasteiger partial charge in [0.25, 0.3) is 0 Å². The Morgan fingerprint density at radius 3 is 1.75 bits per heavy atom. The maximum absolute atomic E-state index is 13.9. The van der Waals surface area contributed by atoms with Gasteiger partial charge in [0.1, 0.15) is 29.9 Å². The minimum absolute atomic E-state index is 0.125. The van der Waals surface area contributed by atoms with E-state index in [0.717, 1.165) is 6.92 Å². The predicted molar refractivity (Wildman–Crippen MR) is 195 cm³/mol. The molecule has 0 saturated carbocycles. The van der Waals surface area contributed by atoms with Gasteiger partial charge in [-0.25, -0.2) is 4.79 Å². The summed E-state index contributed by atoms with van der Waals surface area (Å²) < 4.78 is 0. The van der Waals surface area contributed by atoms with E-state index in [-0.39, 0.29) is 25.0 Å². The molecule has 0 heterocycles. The molecule has 20 heteroatoms. The van der Waals surface area contributed by atoms with Crippen LogP contribution in [-0.2, 0) is 46.4 Å². The second-order valence-corrected chi connectivity index (χ2v) is 13.5. The Kier molecular flexibility index (Phi) is 17.8. The molecule has 2 aromatic rings. The number of rotatable bonds is 23. The molecule has 56 heavy (non-hydrogen) atoms. The van der Waals surface area contributed by atoms with Gasteiger partial charge in [0.05, 0.1) is 24.6 Å². The first-order valence-electron chi connectivity index (χ1n) is 17.5. The number of carboxylic acids is 3. The molecule has 7 atom stereocenters. The van der Waals surface area contributed by atoms with Crippen LogP contribution in [0.2, 0.25) is 0 Å². The standard InChI is InChI=1S/C36H50N6O14/c1-18(2)29(33(51)38-25(35(53)54)17-28(47)48)40-32(50)24(15-21-9-11-22(44)12-10-21)42-36(55,56)26(16-20-7-5-4-6-8-20)39-34(52)30(19(3)43)41-31(49)23(37)13-14-27(45)46/h4-12,18-19,23-26,29-30,42-44,55-56H,13-17,37H2,1-3H3,(H,38,51)(H,39,52)(H,40,50)(H,41,49)(H,45,46)(H,47,48)(H,53,54)/t19-,23+,24+,25+,26+,29+,30+/m1/s1. The summed E-state index contributed by atoms with van der Waals surface area (Å²) in [6.07, 6.45) is -3.95. The van der Waals surface area contributed by atoms with Gasteiger partial charge in [0.15, 0.2) is 0 Å². The minimum Gasteiger partial charge on any atom is -0.508 e. The molecule has 0 spiro atoms. The van der Waals surface area contributed by atoms with E-state index in [0.29, 0.717) is 11.1 Å². The first-order valence-corrected chi connectivity index (χ1v) is 17.5. The molecule has 14 N–H and O–H groups in total. The first kappa shape index (κ1) is 46.5. The number of hydrogen-bond acceptors (Lipinski definition) is 13. The number of nitrogens with two attached hydrogens (primary N) is 1. The molecule has 0 aliphatic heterocycles. The van der Waals surface area contributed by atoms with Crippen LogP contribution in [0.1, 0.15) is 51.2 Å². The van der Waals surface area contributed by atoms with Crippen molar-refractivity contribution >= 4 is 41.5 Å². The van der Waals surface area contributed by atoms with Crippen molar-refractivity contribution in [3.63, 3.8) is 0 Å². The number of carbonyl (C=O) groups excluding carboxylic acids is 4. The van der Waals surface area contributed by atoms with E-state index in [9.17, 15) is 59.1 Å². The lowest BCUT2D eigenvalue weighted by molar-refractivity contribution is -0.213. The van der Waals surface area contributed by atoms with Crippen molar-refractivity contribution in [2.75, 3.05) is 0 Å². The molecule has 20 nitrogen and oxygen atoms in total. The van der Waals surface area contributed by atoms with Gasteiger partial charge in [0.2, 0.25) is 29.5 Å². The van der Waals surface area contributed by atoms with Crippen molar-refractivity contribution in [3.05, 3.63) is 65.7 Å². The van der Waals surface area contributed by atoms with Gasteiger partial charge in [-0.05, 0) is 55.4 Å². The van der Waals surface area contributed by atoms with Crippen LogP contribution < -0.4 is 32.3 Å². The molecule has 0 bridgehead atoms. The number of hydrogen-bond donors (Lipinski definition) is 13. The quantitative estimate of drug-likeness (QED) is 0.0518. The largest absolute Gasteiger partial charge is 0.508 e. The second kappa shape index (κ2) is 21.4. The predicted octanol–water partition coefficient (Wildman–Crippen LogP) is -2.50. The highest BCUT2D eigenvalue weighted by atomic mass is 16.5. The minimum atomic E-state index is -3.19. The molecule has 0 aromatic heterocycles. The zero-order valence-corrected chi connectivity index (χ0v) is 30.9. The van der Waals surface area contributed by atoms with E-state index < -0.39 is 109 Å². The van der Waals surface area contributed by atoms with Gasteiger partial charge in [-0.2, -0.15) is 0 Å². The number of carbonyl (C=O) groups is 7. The topological polar surface area (TPSA) is 347 Å². The number of aliphatic hydroxyl groups is 3. The van der Waals surface area contributed by atoms with Crippen molar-refractivity contribution in [1.29, 1.82) is 0 Å². The summed E-state index contributed by atoms with van der Waals surface area (Å²) >= 11 is 0. The highest BCUT2D eigenvalue weighted by Crippen LogP contribution is 2.17. The lowest BCUT2D eigenvalue weighted by Crippen LogP contribution is -2.69. The fourth-order valence-electron chi connectivity index (χ4n) is 5.34. The van der Waals surface area contributed by atoms with Crippen molar-refractivity contribution in [1.82, 2.24) is 26.6 Å². The molecule has 2 aromatic carbocycles. The van der Waals surface area contributed by atoms with Gasteiger partial charge in [-0.15, -0.1) is 0 Å². The summed E-state index contributed by atoms with van der Waals surface area (Å²) in [5.41, 5.74) is 6.58. The van der Waals surface area contributed by atoms with E-state index in [2.05, 4.69) is 26.6 Å². The number of phenols is 1. The van der Waals surface area contributed by atoms with Crippen molar-refractivity contribution in [3.8, 4) is 5.75 Å². The van der Waals surface area contributed by atoms with Gasteiger partial charge in [-0.3, -0.25) is 34.1 Å². The van der Waals surface area contributed by atoms with Gasteiger partial charge >= 0.3 is 17.9 Å². The Morgan fingerprint density at radius 2 is 1.23 bits per heavy atom. The van der Waals surface area contributed by atoms with Crippen LogP contribution >= 0.6 is 0 Å². The Balaban J connectivity index is 2.50. The smallest absolute Gasteiger partial charge is 0.326 e. The number of carboxylic acid groups (broad SMARTS) is 3. The summed E-state index contributed by atoms with van der Waals surface area (Å²) in [5.74, 6) is -12.6. The SMILES string of the molecule is CC(C)[C@H](NC(=O)[C@H](Cc1ccc(O)cc1)NC(O)(O)[C@H](Cc1ccccc1)NC(=O)[C@@H](NC(=O)[C@@H](N)CCC(=O)O)[C@@H](C)O)C(=O)N[C@@H](CC(=O)O)C(=O)O. The first-order chi connectivity index (χ1) is 26.1. The monoisotopic (exact) mass is 790 g/mol. The maximum Gasteiger partial charge on any atom is 0.326 e. The highest BCUT2D eigenvalue weighted by molar-refractivity contribution is 5.93. The summed E-state index contributed by atoms with van der Waals surface area (Å²) in [6, 6.07) is 3.72. The van der Waals surface area contributed by atoms with E-state index in [1.54, 1.807) is 30.3 Å². The molecule has 0 saturated heterocycles. The molecule has 308 valence electrons. The molecular weight excluding hydrogens is 740 g/mol. The lowest BCUT2D eigenvalue weighted by Gasteiger charge is -2.37. The Morgan fingerprint density at radius 1 is 0.679 bits per heavy atom. The van der Waals surface area contributed by atoms with E-state index in [4.69, 9.17) is 15.9 Å². The Hall–Kier alpha value is -5.67. The lowest BCUT2D eigenvalue weighted by atomic mass is 9.98. The molecule has 2 rings (SSSR count). The molecule has 0 aliphatic rings. The highest BCUT2D eigenvalue weighted by Gasteiger charge is 2.42. The van der Waals surface area contributed by atoms with E-state index >= 15 is 0 Å². The van der Waals surface area contributed by atoms with Gasteiger partial charge in [0, 0.05) is 6.42 Å². The fraction of sp³-hybridized carbons (Fsp3) is 0.472. The van der Waals surface area contributed by atoms with E-state index in [1.807, 2.05) is 0 Å². The second-order valence-electron chi connectivity index (χ2n) is 13.5. The zero-order valence-electron chi connectivity index (χ0n) is 30.9. The van der Waals surface area contributed by atoms with Gasteiger partial charge < -0.3 is 62.7 Å². The molecular formula is C36H50N6O14. The normalized spacial score (nSPS) is 15.2. The summed E-state index contributed by atoms with van der Waals surface area (Å²) in [6.45, 7) is 4.16.